The van der Waals surface area contributed by atoms with Crippen LogP contribution in [-0.4, -0.2) is 37.0 Å². The smallest absolute Gasteiger partial charge is 0.253 e. The van der Waals surface area contributed by atoms with Crippen molar-refractivity contribution < 1.29 is 9.18 Å². The quantitative estimate of drug-likeness (QED) is 0.927. The van der Waals surface area contributed by atoms with Crippen molar-refractivity contribution in [2.45, 2.75) is 19.8 Å². The Morgan fingerprint density at radius 2 is 2.10 bits per heavy atom. The SMILES string of the molecule is CCNCC1CCN(C(=O)c2cccc(F)c2)CC1.Cl. The Morgan fingerprint density at radius 1 is 1.40 bits per heavy atom. The monoisotopic (exact) mass is 300 g/mol. The molecule has 3 nitrogen and oxygen atoms in total. The average Bonchev–Trinajstić information content (AvgIpc) is 2.45. The van der Waals surface area contributed by atoms with Gasteiger partial charge in [0.15, 0.2) is 0 Å². The molecule has 20 heavy (non-hydrogen) atoms. The number of nitrogens with zero attached hydrogens (tertiary/aromatic N) is 1. The molecule has 0 radical (unpaired) electrons. The van der Waals surface area contributed by atoms with Gasteiger partial charge in [-0.25, -0.2) is 4.39 Å². The number of carbonyl (C=O) groups excluding carboxylic acids is 1. The molecular weight excluding hydrogens is 279 g/mol. The standard InChI is InChI=1S/C15H21FN2O.ClH/c1-2-17-11-12-6-8-18(9-7-12)15(19)13-4-3-5-14(16)10-13;/h3-5,10,12,17H,2,6-9,11H2,1H3;1H. The molecule has 0 spiro atoms. The van der Waals surface area contributed by atoms with Crippen molar-refractivity contribution in [1.82, 2.24) is 10.2 Å². The molecule has 1 aliphatic heterocycles. The van der Waals surface area contributed by atoms with Crippen LogP contribution in [0.5, 0.6) is 0 Å². The third-order valence-electron chi connectivity index (χ3n) is 3.66. The minimum Gasteiger partial charge on any atom is -0.339 e. The summed E-state index contributed by atoms with van der Waals surface area (Å²) in [5, 5.41) is 3.35. The first-order valence-electron chi connectivity index (χ1n) is 6.96. The zero-order valence-electron chi connectivity index (χ0n) is 11.8. The number of likely N-dealkylation sites (tertiary alicyclic amines) is 1. The molecule has 1 amide bonds. The van der Waals surface area contributed by atoms with Crippen LogP contribution in [-0.2, 0) is 0 Å². The van der Waals surface area contributed by atoms with Gasteiger partial charge in [-0.3, -0.25) is 4.79 Å². The van der Waals surface area contributed by atoms with Crippen LogP contribution in [0.25, 0.3) is 0 Å². The number of benzene rings is 1. The van der Waals surface area contributed by atoms with Crippen LogP contribution in [0.3, 0.4) is 0 Å². The van der Waals surface area contributed by atoms with Crippen LogP contribution < -0.4 is 5.32 Å². The fourth-order valence-electron chi connectivity index (χ4n) is 2.49. The molecule has 5 heteroatoms. The fraction of sp³-hybridized carbons (Fsp3) is 0.533. The number of carbonyl (C=O) groups is 1. The van der Waals surface area contributed by atoms with E-state index in [4.69, 9.17) is 0 Å². The summed E-state index contributed by atoms with van der Waals surface area (Å²) in [5.74, 6) is 0.241. The summed E-state index contributed by atoms with van der Waals surface area (Å²) in [5.41, 5.74) is 0.449. The van der Waals surface area contributed by atoms with Gasteiger partial charge in [0.05, 0.1) is 0 Å². The molecule has 2 rings (SSSR count). The van der Waals surface area contributed by atoms with Gasteiger partial charge in [0.1, 0.15) is 5.82 Å². The van der Waals surface area contributed by atoms with E-state index in [1.807, 2.05) is 4.90 Å². The lowest BCUT2D eigenvalue weighted by atomic mass is 9.96. The molecular formula is C15H22ClFN2O. The Morgan fingerprint density at radius 3 is 2.70 bits per heavy atom. The molecule has 1 aromatic rings. The van der Waals surface area contributed by atoms with Crippen molar-refractivity contribution in [2.75, 3.05) is 26.2 Å². The summed E-state index contributed by atoms with van der Waals surface area (Å²) in [6.07, 6.45) is 2.04. The molecule has 1 heterocycles. The van der Waals surface area contributed by atoms with Crippen LogP contribution >= 0.6 is 12.4 Å². The first-order valence-corrected chi connectivity index (χ1v) is 6.96. The summed E-state index contributed by atoms with van der Waals surface area (Å²) in [7, 11) is 0. The van der Waals surface area contributed by atoms with Crippen LogP contribution in [0.2, 0.25) is 0 Å². The first kappa shape index (κ1) is 16.9. The second-order valence-electron chi connectivity index (χ2n) is 5.05. The van der Waals surface area contributed by atoms with Crippen LogP contribution in [0.1, 0.15) is 30.1 Å². The van der Waals surface area contributed by atoms with Gasteiger partial charge in [-0.05, 0) is 50.0 Å². The predicted molar refractivity (Wildman–Crippen MR) is 80.8 cm³/mol. The second-order valence-corrected chi connectivity index (χ2v) is 5.05. The lowest BCUT2D eigenvalue weighted by molar-refractivity contribution is 0.0690. The summed E-state index contributed by atoms with van der Waals surface area (Å²) < 4.78 is 13.1. The van der Waals surface area contributed by atoms with Crippen molar-refractivity contribution in [1.29, 1.82) is 0 Å². The first-order chi connectivity index (χ1) is 9.20. The highest BCUT2D eigenvalue weighted by Gasteiger charge is 2.23. The second kappa shape index (κ2) is 8.22. The molecule has 1 aliphatic rings. The number of hydrogen-bond acceptors (Lipinski definition) is 2. The van der Waals surface area contributed by atoms with Gasteiger partial charge in [0, 0.05) is 18.7 Å². The van der Waals surface area contributed by atoms with E-state index in [0.717, 1.165) is 39.0 Å². The van der Waals surface area contributed by atoms with E-state index in [-0.39, 0.29) is 24.1 Å². The van der Waals surface area contributed by atoms with Crippen LogP contribution in [0.4, 0.5) is 4.39 Å². The van der Waals surface area contributed by atoms with Crippen molar-refractivity contribution in [2.24, 2.45) is 5.92 Å². The van der Waals surface area contributed by atoms with E-state index >= 15 is 0 Å². The number of halogens is 2. The lowest BCUT2D eigenvalue weighted by Crippen LogP contribution is -2.40. The van der Waals surface area contributed by atoms with Crippen molar-refractivity contribution in [3.05, 3.63) is 35.6 Å². The molecule has 1 aromatic carbocycles. The highest BCUT2D eigenvalue weighted by molar-refractivity contribution is 5.94. The van der Waals surface area contributed by atoms with Gasteiger partial charge in [-0.15, -0.1) is 12.4 Å². The maximum absolute atomic E-state index is 13.1. The topological polar surface area (TPSA) is 32.3 Å². The Hall–Kier alpha value is -1.13. The van der Waals surface area contributed by atoms with Gasteiger partial charge in [0.25, 0.3) is 5.91 Å². The van der Waals surface area contributed by atoms with E-state index in [1.54, 1.807) is 12.1 Å². The van der Waals surface area contributed by atoms with E-state index in [9.17, 15) is 9.18 Å². The summed E-state index contributed by atoms with van der Waals surface area (Å²) in [4.78, 5) is 14.0. The third kappa shape index (κ3) is 4.46. The molecule has 1 N–H and O–H groups in total. The van der Waals surface area contributed by atoms with E-state index in [2.05, 4.69) is 12.2 Å². The minimum atomic E-state index is -0.354. The molecule has 1 fully saturated rings. The number of hydrogen-bond donors (Lipinski definition) is 1. The molecule has 0 bridgehead atoms. The fourth-order valence-corrected chi connectivity index (χ4v) is 2.49. The van der Waals surface area contributed by atoms with E-state index in [0.29, 0.717) is 11.5 Å². The van der Waals surface area contributed by atoms with E-state index in [1.165, 1.54) is 12.1 Å². The van der Waals surface area contributed by atoms with Crippen molar-refractivity contribution in [3.63, 3.8) is 0 Å². The van der Waals surface area contributed by atoms with Crippen LogP contribution in [0.15, 0.2) is 24.3 Å². The molecule has 0 unspecified atom stereocenters. The number of piperidine rings is 1. The predicted octanol–water partition coefficient (Wildman–Crippen LogP) is 2.71. The van der Waals surface area contributed by atoms with Gasteiger partial charge in [0.2, 0.25) is 0 Å². The molecule has 0 saturated carbocycles. The molecule has 112 valence electrons. The van der Waals surface area contributed by atoms with Crippen molar-refractivity contribution >= 4 is 18.3 Å². The molecule has 0 aromatic heterocycles. The molecule has 0 aliphatic carbocycles. The van der Waals surface area contributed by atoms with Crippen LogP contribution in [0, 0.1) is 11.7 Å². The minimum absolute atomic E-state index is 0. The maximum Gasteiger partial charge on any atom is 0.253 e. The largest absolute Gasteiger partial charge is 0.339 e. The highest BCUT2D eigenvalue weighted by atomic mass is 35.5. The highest BCUT2D eigenvalue weighted by Crippen LogP contribution is 2.18. The average molecular weight is 301 g/mol. The Labute approximate surface area is 125 Å². The normalized spacial score (nSPS) is 15.8. The van der Waals surface area contributed by atoms with Gasteiger partial charge in [-0.1, -0.05) is 13.0 Å². The van der Waals surface area contributed by atoms with Gasteiger partial charge >= 0.3 is 0 Å². The Bertz CT molecular complexity index is 434. The Balaban J connectivity index is 0.00000200. The third-order valence-corrected chi connectivity index (χ3v) is 3.66. The number of amides is 1. The summed E-state index contributed by atoms with van der Waals surface area (Å²) in [6, 6.07) is 5.93. The molecule has 0 atom stereocenters. The van der Waals surface area contributed by atoms with Crippen molar-refractivity contribution in [3.8, 4) is 0 Å². The zero-order valence-corrected chi connectivity index (χ0v) is 12.6. The summed E-state index contributed by atoms with van der Waals surface area (Å²) >= 11 is 0. The zero-order chi connectivity index (χ0) is 13.7. The van der Waals surface area contributed by atoms with E-state index < -0.39 is 0 Å². The molecule has 1 saturated heterocycles. The number of nitrogens with one attached hydrogen (secondary N) is 1. The summed E-state index contributed by atoms with van der Waals surface area (Å²) in [6.45, 7) is 5.65. The number of rotatable bonds is 4. The van der Waals surface area contributed by atoms with Gasteiger partial charge < -0.3 is 10.2 Å². The lowest BCUT2D eigenvalue weighted by Gasteiger charge is -2.32. The van der Waals surface area contributed by atoms with Gasteiger partial charge in [-0.2, -0.15) is 0 Å². The maximum atomic E-state index is 13.1. The Kier molecular flexibility index (Phi) is 6.96.